The summed E-state index contributed by atoms with van der Waals surface area (Å²) in [5, 5.41) is 12.6. The number of benzene rings is 2. The van der Waals surface area contributed by atoms with Crippen LogP contribution in [0.1, 0.15) is 54.2 Å². The number of hydrogen-bond acceptors (Lipinski definition) is 8. The van der Waals surface area contributed by atoms with Crippen LogP contribution in [0.3, 0.4) is 0 Å². The van der Waals surface area contributed by atoms with Gasteiger partial charge in [-0.3, -0.25) is 4.79 Å². The fourth-order valence-electron chi connectivity index (χ4n) is 4.87. The number of nitrogens with one attached hydrogen (secondary N) is 1. The molecule has 0 aliphatic carbocycles. The van der Waals surface area contributed by atoms with Gasteiger partial charge in [0.25, 0.3) is 5.91 Å². The molecule has 3 atom stereocenters. The molecule has 1 unspecified atom stereocenters. The van der Waals surface area contributed by atoms with Gasteiger partial charge < -0.3 is 24.8 Å². The molecule has 0 radical (unpaired) electrons. The van der Waals surface area contributed by atoms with Crippen molar-refractivity contribution in [2.24, 2.45) is 0 Å². The lowest BCUT2D eigenvalue weighted by molar-refractivity contribution is -0.241. The summed E-state index contributed by atoms with van der Waals surface area (Å²) in [4.78, 5) is 19.1. The molecule has 3 aromatic rings. The number of carbonyl (C=O) groups excluding carboxylic acids is 1. The molecule has 15 heteroatoms. The summed E-state index contributed by atoms with van der Waals surface area (Å²) in [5.41, 5.74) is -0.215. The maximum atomic E-state index is 13.9. The predicted molar refractivity (Wildman–Crippen MR) is 158 cm³/mol. The van der Waals surface area contributed by atoms with Gasteiger partial charge in [0.2, 0.25) is 0 Å². The van der Waals surface area contributed by atoms with Gasteiger partial charge in [0, 0.05) is 19.0 Å². The van der Waals surface area contributed by atoms with Crippen LogP contribution in [-0.2, 0) is 20.8 Å². The van der Waals surface area contributed by atoms with E-state index in [1.165, 1.54) is 68.6 Å². The highest BCUT2D eigenvalue weighted by atomic mass is 32.2. The van der Waals surface area contributed by atoms with Crippen molar-refractivity contribution in [3.63, 3.8) is 0 Å². The number of ether oxygens (including phenoxy) is 2. The Kier molecular flexibility index (Phi) is 10.9. The third-order valence-corrected chi connectivity index (χ3v) is 9.32. The topological polar surface area (TPSA) is 118 Å². The van der Waals surface area contributed by atoms with E-state index >= 15 is 0 Å². The molecule has 1 amide bonds. The Bertz CT molecular complexity index is 1570. The second kappa shape index (κ2) is 14.3. The zero-order chi connectivity index (χ0) is 33.7. The number of nitrogens with zero attached hydrogens (tertiary/aromatic N) is 2. The lowest BCUT2D eigenvalue weighted by atomic mass is 10.1. The van der Waals surface area contributed by atoms with Crippen LogP contribution in [0.15, 0.2) is 71.8 Å². The fraction of sp³-hybridized carbons (Fsp3) is 0.419. The normalized spacial score (nSPS) is 18.0. The fourth-order valence-corrected chi connectivity index (χ4v) is 5.76. The van der Waals surface area contributed by atoms with E-state index in [0.29, 0.717) is 11.4 Å². The zero-order valence-corrected chi connectivity index (χ0v) is 25.8. The molecule has 4 rings (SSSR count). The van der Waals surface area contributed by atoms with Crippen molar-refractivity contribution in [2.45, 2.75) is 62.1 Å². The van der Waals surface area contributed by atoms with Gasteiger partial charge in [0.15, 0.2) is 9.84 Å². The summed E-state index contributed by atoms with van der Waals surface area (Å²) >= 11 is 0. The van der Waals surface area contributed by atoms with Gasteiger partial charge in [-0.15, -0.1) is 0 Å². The van der Waals surface area contributed by atoms with Crippen LogP contribution in [0.5, 0.6) is 5.75 Å². The molecule has 250 valence electrons. The standard InChI is InChI=1S/C31H34F5N3O6S/c1-3-30(32,33)44-19-23-15-25(45-24-10-8-22(9-11-24)31(34,35)36)17-39(23)28-14-7-21(16-37-28)29(41)38-27(18-40)20-5-12-26(13-6-20)46(42,43)4-2/h5-14,16,23,25,27,40H,3-4,15,17-19H2,1-2H3,(H,38,41)/t23-,25+,27?/m0/s1. The summed E-state index contributed by atoms with van der Waals surface area (Å²) in [6, 6.07) is 11.5. The molecule has 0 saturated carbocycles. The quantitative estimate of drug-likeness (QED) is 0.232. The second-order valence-electron chi connectivity index (χ2n) is 10.7. The monoisotopic (exact) mass is 671 g/mol. The van der Waals surface area contributed by atoms with Crippen LogP contribution in [0.25, 0.3) is 0 Å². The van der Waals surface area contributed by atoms with Crippen LogP contribution in [-0.4, -0.2) is 68.2 Å². The van der Waals surface area contributed by atoms with Gasteiger partial charge in [-0.25, -0.2) is 13.4 Å². The molecular formula is C31H34F5N3O6S. The van der Waals surface area contributed by atoms with Crippen molar-refractivity contribution in [3.05, 3.63) is 83.6 Å². The van der Waals surface area contributed by atoms with Gasteiger partial charge >= 0.3 is 12.3 Å². The first-order valence-electron chi connectivity index (χ1n) is 14.5. The van der Waals surface area contributed by atoms with Crippen LogP contribution in [0.4, 0.5) is 27.8 Å². The second-order valence-corrected chi connectivity index (χ2v) is 13.0. The van der Waals surface area contributed by atoms with E-state index in [0.717, 1.165) is 12.1 Å². The number of amides is 1. The minimum absolute atomic E-state index is 0.0707. The van der Waals surface area contributed by atoms with E-state index in [1.54, 1.807) is 4.90 Å². The number of pyridine rings is 1. The SMILES string of the molecule is CCC(F)(F)OC[C@@H]1C[C@@H](Oc2ccc(C(F)(F)F)cc2)CN1c1ccc(C(=O)NC(CO)c2ccc(S(=O)(=O)CC)cc2)cn1. The molecule has 0 bridgehead atoms. The first-order chi connectivity index (χ1) is 21.7. The summed E-state index contributed by atoms with van der Waals surface area (Å²) in [6.07, 6.45) is -7.51. The van der Waals surface area contributed by atoms with Gasteiger partial charge in [-0.05, 0) is 54.1 Å². The van der Waals surface area contributed by atoms with Crippen LogP contribution in [0.2, 0.25) is 0 Å². The summed E-state index contributed by atoms with van der Waals surface area (Å²) in [6.45, 7) is 2.12. The molecule has 9 nitrogen and oxygen atoms in total. The number of rotatable bonds is 13. The third kappa shape index (κ3) is 8.70. The minimum atomic E-state index is -4.51. The number of aliphatic hydroxyl groups excluding tert-OH is 1. The summed E-state index contributed by atoms with van der Waals surface area (Å²) in [7, 11) is -3.42. The van der Waals surface area contributed by atoms with Gasteiger partial charge in [0.05, 0.1) is 53.6 Å². The molecular weight excluding hydrogens is 637 g/mol. The molecule has 1 aliphatic heterocycles. The molecule has 1 saturated heterocycles. The number of anilines is 1. The Morgan fingerprint density at radius 3 is 2.26 bits per heavy atom. The van der Waals surface area contributed by atoms with Crippen molar-refractivity contribution in [1.29, 1.82) is 0 Å². The number of carbonyl (C=O) groups is 1. The van der Waals surface area contributed by atoms with E-state index in [9.17, 15) is 40.3 Å². The minimum Gasteiger partial charge on any atom is -0.489 e. The zero-order valence-electron chi connectivity index (χ0n) is 25.0. The molecule has 1 fully saturated rings. The lowest BCUT2D eigenvalue weighted by Gasteiger charge is -2.27. The highest BCUT2D eigenvalue weighted by molar-refractivity contribution is 7.91. The number of alkyl halides is 5. The third-order valence-electron chi connectivity index (χ3n) is 7.57. The average Bonchev–Trinajstić information content (AvgIpc) is 3.45. The highest BCUT2D eigenvalue weighted by Crippen LogP contribution is 2.33. The van der Waals surface area contributed by atoms with E-state index in [4.69, 9.17) is 9.47 Å². The Balaban J connectivity index is 1.46. The van der Waals surface area contributed by atoms with Crippen LogP contribution < -0.4 is 15.0 Å². The molecule has 1 aromatic heterocycles. The summed E-state index contributed by atoms with van der Waals surface area (Å²) < 4.78 is 102. The Hall–Kier alpha value is -3.82. The van der Waals surface area contributed by atoms with E-state index in [1.807, 2.05) is 0 Å². The molecule has 1 aliphatic rings. The number of halogens is 5. The van der Waals surface area contributed by atoms with E-state index in [-0.39, 0.29) is 41.5 Å². The maximum Gasteiger partial charge on any atom is 0.416 e. The summed E-state index contributed by atoms with van der Waals surface area (Å²) in [5.74, 6) is -0.136. The molecule has 2 aromatic carbocycles. The highest BCUT2D eigenvalue weighted by Gasteiger charge is 2.38. The van der Waals surface area contributed by atoms with Crippen molar-refractivity contribution in [1.82, 2.24) is 10.3 Å². The van der Waals surface area contributed by atoms with Gasteiger partial charge in [-0.2, -0.15) is 22.0 Å². The number of hydrogen-bond donors (Lipinski definition) is 2. The molecule has 2 N–H and O–H groups in total. The first-order valence-corrected chi connectivity index (χ1v) is 16.1. The van der Waals surface area contributed by atoms with E-state index in [2.05, 4.69) is 10.3 Å². The molecule has 46 heavy (non-hydrogen) atoms. The van der Waals surface area contributed by atoms with Crippen LogP contribution in [0, 0.1) is 0 Å². The van der Waals surface area contributed by atoms with Crippen molar-refractivity contribution >= 4 is 21.6 Å². The van der Waals surface area contributed by atoms with Crippen molar-refractivity contribution in [3.8, 4) is 5.75 Å². The Morgan fingerprint density at radius 1 is 1.04 bits per heavy atom. The predicted octanol–water partition coefficient (Wildman–Crippen LogP) is 5.40. The number of aliphatic hydroxyl groups is 1. The van der Waals surface area contributed by atoms with E-state index < -0.39 is 64.8 Å². The van der Waals surface area contributed by atoms with Crippen LogP contribution >= 0.6 is 0 Å². The van der Waals surface area contributed by atoms with Crippen molar-refractivity contribution in [2.75, 3.05) is 30.4 Å². The van der Waals surface area contributed by atoms with Gasteiger partial charge in [-0.1, -0.05) is 26.0 Å². The van der Waals surface area contributed by atoms with Crippen molar-refractivity contribution < 1.29 is 49.7 Å². The molecule has 0 spiro atoms. The molecule has 2 heterocycles. The first kappa shape index (κ1) is 35.0. The Labute approximate surface area is 263 Å². The maximum absolute atomic E-state index is 13.9. The number of sulfone groups is 1. The largest absolute Gasteiger partial charge is 0.489 e. The van der Waals surface area contributed by atoms with Gasteiger partial charge in [0.1, 0.15) is 17.7 Å². The Morgan fingerprint density at radius 2 is 1.72 bits per heavy atom. The smallest absolute Gasteiger partial charge is 0.416 e. The number of aromatic nitrogens is 1. The lowest BCUT2D eigenvalue weighted by Crippen LogP contribution is -2.37. The average molecular weight is 672 g/mol.